The van der Waals surface area contributed by atoms with Gasteiger partial charge in [-0.3, -0.25) is 9.69 Å². The van der Waals surface area contributed by atoms with E-state index >= 15 is 0 Å². The van der Waals surface area contributed by atoms with Gasteiger partial charge in [0.25, 0.3) is 0 Å². The van der Waals surface area contributed by atoms with Gasteiger partial charge in [-0.1, -0.05) is 20.8 Å². The van der Waals surface area contributed by atoms with Crippen molar-refractivity contribution in [3.63, 3.8) is 0 Å². The fraction of sp³-hybridized carbons (Fsp3) is 0.900. The predicted octanol–water partition coefficient (Wildman–Crippen LogP) is 0.766. The van der Waals surface area contributed by atoms with E-state index in [-0.39, 0.29) is 0 Å². The first-order valence-corrected chi connectivity index (χ1v) is 5.19. The zero-order valence-corrected chi connectivity index (χ0v) is 9.36. The lowest BCUT2D eigenvalue weighted by molar-refractivity contribution is -0.143. The normalized spacial score (nSPS) is 13.6. The van der Waals surface area contributed by atoms with Gasteiger partial charge >= 0.3 is 5.97 Å². The average Bonchev–Trinajstić information content (AvgIpc) is 2.10. The van der Waals surface area contributed by atoms with Crippen LogP contribution in [0, 0.1) is 5.92 Å². The minimum atomic E-state index is -0.766. The number of likely N-dealkylation sites (N-methyl/N-ethyl adjacent to an activating group) is 1. The molecular weight excluding hydrogens is 180 g/mol. The van der Waals surface area contributed by atoms with Crippen molar-refractivity contribution in [1.29, 1.82) is 0 Å². The quantitative estimate of drug-likeness (QED) is 0.640. The van der Waals surface area contributed by atoms with Crippen LogP contribution in [0.5, 0.6) is 0 Å². The van der Waals surface area contributed by atoms with E-state index in [2.05, 4.69) is 13.8 Å². The van der Waals surface area contributed by atoms with Crippen molar-refractivity contribution in [1.82, 2.24) is 4.90 Å². The molecule has 0 amide bonds. The number of carboxylic acids is 1. The van der Waals surface area contributed by atoms with Gasteiger partial charge in [-0.15, -0.1) is 0 Å². The molecule has 0 heterocycles. The molecule has 0 saturated carbocycles. The van der Waals surface area contributed by atoms with Crippen molar-refractivity contribution in [2.24, 2.45) is 11.7 Å². The number of aliphatic carboxylic acids is 1. The van der Waals surface area contributed by atoms with Crippen molar-refractivity contribution < 1.29 is 9.90 Å². The highest BCUT2D eigenvalue weighted by molar-refractivity contribution is 5.73. The molecule has 0 aromatic carbocycles. The summed E-state index contributed by atoms with van der Waals surface area (Å²) in [5, 5.41) is 9.02. The zero-order valence-electron chi connectivity index (χ0n) is 9.36. The highest BCUT2D eigenvalue weighted by Gasteiger charge is 2.23. The van der Waals surface area contributed by atoms with Gasteiger partial charge in [0.15, 0.2) is 0 Å². The van der Waals surface area contributed by atoms with Crippen molar-refractivity contribution in [3.05, 3.63) is 0 Å². The summed E-state index contributed by atoms with van der Waals surface area (Å²) in [5.74, 6) is -0.285. The van der Waals surface area contributed by atoms with Crippen LogP contribution in [0.1, 0.15) is 27.2 Å². The molecule has 84 valence electrons. The van der Waals surface area contributed by atoms with E-state index in [0.717, 1.165) is 13.1 Å². The predicted molar refractivity (Wildman–Crippen MR) is 57.2 cm³/mol. The van der Waals surface area contributed by atoms with Crippen molar-refractivity contribution in [3.8, 4) is 0 Å². The van der Waals surface area contributed by atoms with Crippen LogP contribution in [0.4, 0.5) is 0 Å². The highest BCUT2D eigenvalue weighted by atomic mass is 16.4. The average molecular weight is 202 g/mol. The first-order valence-electron chi connectivity index (χ1n) is 5.19. The minimum Gasteiger partial charge on any atom is -0.480 e. The number of nitrogens with zero attached hydrogens (tertiary/aromatic N) is 1. The summed E-state index contributed by atoms with van der Waals surface area (Å²) in [7, 11) is 0. The molecule has 0 rings (SSSR count). The molecule has 0 radical (unpaired) electrons. The first kappa shape index (κ1) is 13.4. The van der Waals surface area contributed by atoms with Crippen molar-refractivity contribution in [2.45, 2.75) is 33.2 Å². The molecule has 1 atom stereocenters. The SMILES string of the molecule is CCN(CC(C)C)C(CCN)C(=O)O. The van der Waals surface area contributed by atoms with E-state index < -0.39 is 12.0 Å². The van der Waals surface area contributed by atoms with Crippen LogP contribution in [0.15, 0.2) is 0 Å². The maximum atomic E-state index is 11.0. The molecule has 0 bridgehead atoms. The number of hydrogen-bond acceptors (Lipinski definition) is 3. The van der Waals surface area contributed by atoms with Gasteiger partial charge in [0.1, 0.15) is 6.04 Å². The number of carboxylic acid groups (broad SMARTS) is 1. The second kappa shape index (κ2) is 6.79. The molecule has 0 aliphatic heterocycles. The van der Waals surface area contributed by atoms with E-state index in [1.54, 1.807) is 0 Å². The molecule has 4 heteroatoms. The third-order valence-corrected chi connectivity index (χ3v) is 2.17. The fourth-order valence-electron chi connectivity index (χ4n) is 1.57. The van der Waals surface area contributed by atoms with E-state index in [0.29, 0.717) is 18.9 Å². The largest absolute Gasteiger partial charge is 0.480 e. The van der Waals surface area contributed by atoms with Crippen LogP contribution in [0.2, 0.25) is 0 Å². The lowest BCUT2D eigenvalue weighted by Gasteiger charge is -2.28. The highest BCUT2D eigenvalue weighted by Crippen LogP contribution is 2.07. The molecule has 0 aromatic heterocycles. The Morgan fingerprint density at radius 3 is 2.36 bits per heavy atom. The Kier molecular flexibility index (Phi) is 6.49. The van der Waals surface area contributed by atoms with Crippen LogP contribution in [0.3, 0.4) is 0 Å². The fourth-order valence-corrected chi connectivity index (χ4v) is 1.57. The van der Waals surface area contributed by atoms with Gasteiger partial charge in [-0.25, -0.2) is 0 Å². The summed E-state index contributed by atoms with van der Waals surface area (Å²) < 4.78 is 0. The third-order valence-electron chi connectivity index (χ3n) is 2.17. The summed E-state index contributed by atoms with van der Waals surface area (Å²) in [4.78, 5) is 12.9. The molecular formula is C10H22N2O2. The second-order valence-corrected chi connectivity index (χ2v) is 3.91. The Bertz CT molecular complexity index is 172. The number of hydrogen-bond donors (Lipinski definition) is 2. The van der Waals surface area contributed by atoms with Gasteiger partial charge in [-0.05, 0) is 25.4 Å². The van der Waals surface area contributed by atoms with Crippen molar-refractivity contribution >= 4 is 5.97 Å². The summed E-state index contributed by atoms with van der Waals surface area (Å²) in [6.07, 6.45) is 0.524. The molecule has 4 nitrogen and oxygen atoms in total. The Balaban J connectivity index is 4.33. The number of rotatable bonds is 7. The molecule has 0 aliphatic rings. The van der Waals surface area contributed by atoms with Crippen LogP contribution in [-0.2, 0) is 4.79 Å². The van der Waals surface area contributed by atoms with E-state index in [1.807, 2.05) is 11.8 Å². The molecule has 0 spiro atoms. The Labute approximate surface area is 86.1 Å². The van der Waals surface area contributed by atoms with E-state index in [9.17, 15) is 4.79 Å². The molecule has 0 saturated heterocycles. The van der Waals surface area contributed by atoms with Gasteiger partial charge in [0, 0.05) is 6.54 Å². The van der Waals surface area contributed by atoms with Crippen LogP contribution in [-0.4, -0.2) is 41.7 Å². The Morgan fingerprint density at radius 1 is 1.50 bits per heavy atom. The topological polar surface area (TPSA) is 66.6 Å². The Morgan fingerprint density at radius 2 is 2.07 bits per heavy atom. The molecule has 14 heavy (non-hydrogen) atoms. The van der Waals surface area contributed by atoms with Gasteiger partial charge < -0.3 is 10.8 Å². The monoisotopic (exact) mass is 202 g/mol. The first-order chi connectivity index (χ1) is 6.52. The molecule has 3 N–H and O–H groups in total. The maximum absolute atomic E-state index is 11.0. The summed E-state index contributed by atoms with van der Waals surface area (Å²) in [5.41, 5.74) is 5.40. The summed E-state index contributed by atoms with van der Waals surface area (Å²) in [6.45, 7) is 8.15. The smallest absolute Gasteiger partial charge is 0.320 e. The van der Waals surface area contributed by atoms with E-state index in [4.69, 9.17) is 10.8 Å². The molecule has 0 aromatic rings. The number of carbonyl (C=O) groups is 1. The Hall–Kier alpha value is -0.610. The minimum absolute atomic E-state index is 0.422. The lowest BCUT2D eigenvalue weighted by Crippen LogP contribution is -2.44. The molecule has 1 unspecified atom stereocenters. The lowest BCUT2D eigenvalue weighted by atomic mass is 10.1. The van der Waals surface area contributed by atoms with Crippen LogP contribution in [0.25, 0.3) is 0 Å². The van der Waals surface area contributed by atoms with E-state index in [1.165, 1.54) is 0 Å². The summed E-state index contributed by atoms with van der Waals surface area (Å²) in [6, 6.07) is -0.424. The third kappa shape index (κ3) is 4.58. The standard InChI is InChI=1S/C10H22N2O2/c1-4-12(7-8(2)3)9(5-6-11)10(13)14/h8-9H,4-7,11H2,1-3H3,(H,13,14). The maximum Gasteiger partial charge on any atom is 0.320 e. The van der Waals surface area contributed by atoms with Gasteiger partial charge in [-0.2, -0.15) is 0 Å². The van der Waals surface area contributed by atoms with Gasteiger partial charge in [0.2, 0.25) is 0 Å². The molecule has 0 aliphatic carbocycles. The zero-order chi connectivity index (χ0) is 11.1. The van der Waals surface area contributed by atoms with Crippen molar-refractivity contribution in [2.75, 3.05) is 19.6 Å². The van der Waals surface area contributed by atoms with Crippen LogP contribution < -0.4 is 5.73 Å². The van der Waals surface area contributed by atoms with Crippen LogP contribution >= 0.6 is 0 Å². The second-order valence-electron chi connectivity index (χ2n) is 3.91. The molecule has 0 fully saturated rings. The summed E-state index contributed by atoms with van der Waals surface area (Å²) >= 11 is 0. The van der Waals surface area contributed by atoms with Gasteiger partial charge in [0.05, 0.1) is 0 Å². The number of nitrogens with two attached hydrogens (primary N) is 1.